The number of nitrogens with one attached hydrogen (secondary N) is 1. The molecule has 0 aliphatic rings. The fraction of sp³-hybridized carbons (Fsp3) is 0.538. The third kappa shape index (κ3) is 4.18. The molecule has 6 heteroatoms. The van der Waals surface area contributed by atoms with E-state index in [0.717, 1.165) is 11.3 Å². The summed E-state index contributed by atoms with van der Waals surface area (Å²) in [6, 6.07) is 3.03. The van der Waals surface area contributed by atoms with Gasteiger partial charge in [-0.05, 0) is 61.3 Å². The molecule has 1 rings (SSSR count). The third-order valence-electron chi connectivity index (χ3n) is 2.89. The molecule has 0 spiro atoms. The van der Waals surface area contributed by atoms with Crippen LogP contribution in [0.4, 0.5) is 10.1 Å². The predicted octanol–water partition coefficient (Wildman–Crippen LogP) is 3.52. The standard InChI is InChI=1S/C13H19BrFNO2S/c1-9-7-11(15)10(14)8-12(9)16-5-6-19(17,18)13(2,3)4/h7-8,16H,5-6H2,1-4H3. The molecule has 1 N–H and O–H groups in total. The molecule has 0 heterocycles. The number of hydrogen-bond donors (Lipinski definition) is 1. The van der Waals surface area contributed by atoms with Crippen LogP contribution < -0.4 is 5.32 Å². The van der Waals surface area contributed by atoms with Crippen LogP contribution in [-0.4, -0.2) is 25.5 Å². The van der Waals surface area contributed by atoms with Crippen molar-refractivity contribution in [3.63, 3.8) is 0 Å². The van der Waals surface area contributed by atoms with Crippen molar-refractivity contribution in [1.82, 2.24) is 0 Å². The molecule has 108 valence electrons. The number of aryl methyl sites for hydroxylation is 1. The third-order valence-corrected chi connectivity index (χ3v) is 6.10. The van der Waals surface area contributed by atoms with Gasteiger partial charge in [0.05, 0.1) is 15.0 Å². The minimum Gasteiger partial charge on any atom is -0.384 e. The molecular weight excluding hydrogens is 333 g/mol. The summed E-state index contributed by atoms with van der Waals surface area (Å²) in [6.45, 7) is 7.13. The topological polar surface area (TPSA) is 46.2 Å². The number of anilines is 1. The van der Waals surface area contributed by atoms with Crippen LogP contribution >= 0.6 is 15.9 Å². The molecule has 3 nitrogen and oxygen atoms in total. The summed E-state index contributed by atoms with van der Waals surface area (Å²) < 4.78 is 36.7. The molecule has 1 aromatic rings. The first-order valence-electron chi connectivity index (χ1n) is 5.96. The Balaban J connectivity index is 2.72. The average Bonchev–Trinajstić information content (AvgIpc) is 2.23. The molecule has 0 fully saturated rings. The zero-order chi connectivity index (χ0) is 14.8. The summed E-state index contributed by atoms with van der Waals surface area (Å²) in [5.41, 5.74) is 1.48. The lowest BCUT2D eigenvalue weighted by Crippen LogP contribution is -2.32. The lowest BCUT2D eigenvalue weighted by atomic mass is 10.2. The van der Waals surface area contributed by atoms with E-state index in [-0.39, 0.29) is 11.6 Å². The van der Waals surface area contributed by atoms with Crippen LogP contribution in [0.3, 0.4) is 0 Å². The summed E-state index contributed by atoms with van der Waals surface area (Å²) in [4.78, 5) is 0. The van der Waals surface area contributed by atoms with Crippen LogP contribution in [-0.2, 0) is 9.84 Å². The zero-order valence-electron chi connectivity index (χ0n) is 11.5. The van der Waals surface area contributed by atoms with Crippen LogP contribution in [0, 0.1) is 12.7 Å². The molecule has 0 aliphatic heterocycles. The highest BCUT2D eigenvalue weighted by molar-refractivity contribution is 9.10. The van der Waals surface area contributed by atoms with Gasteiger partial charge >= 0.3 is 0 Å². The molecule has 0 atom stereocenters. The molecule has 0 aromatic heterocycles. The molecule has 0 bridgehead atoms. The Morgan fingerprint density at radius 1 is 1.32 bits per heavy atom. The van der Waals surface area contributed by atoms with Gasteiger partial charge in [-0.3, -0.25) is 0 Å². The highest BCUT2D eigenvalue weighted by Gasteiger charge is 2.28. The Morgan fingerprint density at radius 3 is 2.42 bits per heavy atom. The van der Waals surface area contributed by atoms with Gasteiger partial charge in [0.1, 0.15) is 5.82 Å². The average molecular weight is 352 g/mol. The zero-order valence-corrected chi connectivity index (χ0v) is 14.0. The first kappa shape index (κ1) is 16.4. The van der Waals surface area contributed by atoms with Crippen molar-refractivity contribution < 1.29 is 12.8 Å². The fourth-order valence-electron chi connectivity index (χ4n) is 1.46. The lowest BCUT2D eigenvalue weighted by molar-refractivity contribution is 0.560. The summed E-state index contributed by atoms with van der Waals surface area (Å²) in [5, 5.41) is 3.03. The van der Waals surface area contributed by atoms with Gasteiger partial charge in [-0.25, -0.2) is 12.8 Å². The Bertz CT molecular complexity index is 565. The van der Waals surface area contributed by atoms with Gasteiger partial charge in [0.2, 0.25) is 0 Å². The van der Waals surface area contributed by atoms with Crippen LogP contribution in [0.15, 0.2) is 16.6 Å². The lowest BCUT2D eigenvalue weighted by Gasteiger charge is -2.19. The van der Waals surface area contributed by atoms with Gasteiger partial charge in [-0.1, -0.05) is 0 Å². The molecule has 1 aromatic carbocycles. The quantitative estimate of drug-likeness (QED) is 0.902. The van der Waals surface area contributed by atoms with E-state index in [2.05, 4.69) is 21.2 Å². The maximum atomic E-state index is 13.3. The van der Waals surface area contributed by atoms with Gasteiger partial charge in [0, 0.05) is 12.2 Å². The van der Waals surface area contributed by atoms with Gasteiger partial charge in [-0.2, -0.15) is 0 Å². The van der Waals surface area contributed by atoms with E-state index in [1.54, 1.807) is 33.8 Å². The van der Waals surface area contributed by atoms with Crippen LogP contribution in [0.25, 0.3) is 0 Å². The van der Waals surface area contributed by atoms with Gasteiger partial charge < -0.3 is 5.32 Å². The molecule has 0 saturated heterocycles. The van der Waals surface area contributed by atoms with Crippen LogP contribution in [0.1, 0.15) is 26.3 Å². The second-order valence-electron chi connectivity index (χ2n) is 5.44. The van der Waals surface area contributed by atoms with Crippen LogP contribution in [0.2, 0.25) is 0 Å². The van der Waals surface area contributed by atoms with E-state index in [1.807, 2.05) is 0 Å². The van der Waals surface area contributed by atoms with Crippen molar-refractivity contribution >= 4 is 31.5 Å². The smallest absolute Gasteiger partial charge is 0.156 e. The number of benzene rings is 1. The van der Waals surface area contributed by atoms with Crippen molar-refractivity contribution in [3.8, 4) is 0 Å². The molecule has 0 radical (unpaired) electrons. The molecule has 19 heavy (non-hydrogen) atoms. The highest BCUT2D eigenvalue weighted by Crippen LogP contribution is 2.24. The molecule has 0 amide bonds. The van der Waals surface area contributed by atoms with E-state index in [1.165, 1.54) is 6.07 Å². The molecule has 0 aliphatic carbocycles. The Labute approximate surface area is 122 Å². The maximum absolute atomic E-state index is 13.3. The largest absolute Gasteiger partial charge is 0.384 e. The normalized spacial score (nSPS) is 12.5. The Hall–Kier alpha value is -0.620. The molecular formula is C13H19BrFNO2S. The van der Waals surface area contributed by atoms with E-state index in [0.29, 0.717) is 11.0 Å². The first-order chi connectivity index (χ1) is 8.54. The highest BCUT2D eigenvalue weighted by atomic mass is 79.9. The van der Waals surface area contributed by atoms with E-state index in [9.17, 15) is 12.8 Å². The summed E-state index contributed by atoms with van der Waals surface area (Å²) >= 11 is 3.11. The maximum Gasteiger partial charge on any atom is 0.156 e. The van der Waals surface area contributed by atoms with E-state index >= 15 is 0 Å². The minimum atomic E-state index is -3.15. The Morgan fingerprint density at radius 2 is 1.89 bits per heavy atom. The first-order valence-corrected chi connectivity index (χ1v) is 8.41. The summed E-state index contributed by atoms with van der Waals surface area (Å²) in [7, 11) is -3.15. The molecule has 0 saturated carbocycles. The monoisotopic (exact) mass is 351 g/mol. The van der Waals surface area contributed by atoms with Gasteiger partial charge in [0.15, 0.2) is 9.84 Å². The number of sulfone groups is 1. The van der Waals surface area contributed by atoms with Crippen molar-refractivity contribution in [3.05, 3.63) is 28.0 Å². The van der Waals surface area contributed by atoms with Crippen molar-refractivity contribution in [2.75, 3.05) is 17.6 Å². The Kier molecular flexibility index (Phi) is 5.01. The second kappa shape index (κ2) is 5.79. The van der Waals surface area contributed by atoms with Crippen molar-refractivity contribution in [1.29, 1.82) is 0 Å². The summed E-state index contributed by atoms with van der Waals surface area (Å²) in [6.07, 6.45) is 0. The molecule has 0 unspecified atom stereocenters. The fourth-order valence-corrected chi connectivity index (χ4v) is 2.79. The number of rotatable bonds is 4. The van der Waals surface area contributed by atoms with E-state index < -0.39 is 14.6 Å². The van der Waals surface area contributed by atoms with Crippen LogP contribution in [0.5, 0.6) is 0 Å². The second-order valence-corrected chi connectivity index (χ2v) is 9.16. The minimum absolute atomic E-state index is 0.0466. The van der Waals surface area contributed by atoms with Crippen molar-refractivity contribution in [2.24, 2.45) is 0 Å². The van der Waals surface area contributed by atoms with E-state index in [4.69, 9.17) is 0 Å². The van der Waals surface area contributed by atoms with Gasteiger partial charge in [-0.15, -0.1) is 0 Å². The number of hydrogen-bond acceptors (Lipinski definition) is 3. The predicted molar refractivity (Wildman–Crippen MR) is 80.9 cm³/mol. The van der Waals surface area contributed by atoms with Gasteiger partial charge in [0.25, 0.3) is 0 Å². The number of halogens is 2. The van der Waals surface area contributed by atoms with Crippen molar-refractivity contribution in [2.45, 2.75) is 32.4 Å². The summed E-state index contributed by atoms with van der Waals surface area (Å²) in [5.74, 6) is -0.282. The SMILES string of the molecule is Cc1cc(F)c(Br)cc1NCCS(=O)(=O)C(C)(C)C.